The highest BCUT2D eigenvalue weighted by Crippen LogP contribution is 2.37. The quantitative estimate of drug-likeness (QED) is 0.621. The van der Waals surface area contributed by atoms with Crippen molar-refractivity contribution >= 4 is 17.8 Å². The van der Waals surface area contributed by atoms with E-state index in [0.717, 1.165) is 35.4 Å². The molecule has 31 heavy (non-hydrogen) atoms. The summed E-state index contributed by atoms with van der Waals surface area (Å²) in [7, 11) is 0. The van der Waals surface area contributed by atoms with Gasteiger partial charge in [0.1, 0.15) is 17.9 Å². The molecule has 1 unspecified atom stereocenters. The summed E-state index contributed by atoms with van der Waals surface area (Å²) in [4.78, 5) is 46.7. The highest BCUT2D eigenvalue weighted by molar-refractivity contribution is 6.09. The van der Waals surface area contributed by atoms with Crippen molar-refractivity contribution in [2.75, 3.05) is 6.54 Å². The van der Waals surface area contributed by atoms with Crippen LogP contribution in [0.2, 0.25) is 0 Å². The zero-order valence-corrected chi connectivity index (χ0v) is 18.0. The monoisotopic (exact) mass is 423 g/mol. The zero-order valence-electron chi connectivity index (χ0n) is 18.0. The maximum Gasteiger partial charge on any atom is 0.325 e. The second-order valence-corrected chi connectivity index (χ2v) is 8.59. The van der Waals surface area contributed by atoms with Crippen molar-refractivity contribution in [2.45, 2.75) is 57.5 Å². The minimum Gasteiger partial charge on any atom is -0.345 e. The molecule has 8 nitrogen and oxygen atoms in total. The van der Waals surface area contributed by atoms with Gasteiger partial charge < -0.3 is 15.6 Å². The van der Waals surface area contributed by atoms with Gasteiger partial charge in [0.2, 0.25) is 5.91 Å². The average Bonchev–Trinajstić information content (AvgIpc) is 3.35. The van der Waals surface area contributed by atoms with E-state index in [-0.39, 0.29) is 18.5 Å². The van der Waals surface area contributed by atoms with E-state index in [1.807, 2.05) is 37.3 Å². The van der Waals surface area contributed by atoms with E-state index >= 15 is 0 Å². The van der Waals surface area contributed by atoms with Crippen molar-refractivity contribution in [2.24, 2.45) is 5.92 Å². The van der Waals surface area contributed by atoms with Gasteiger partial charge in [-0.05, 0) is 44.1 Å². The summed E-state index contributed by atoms with van der Waals surface area (Å²) < 4.78 is 0. The molecule has 8 heteroatoms. The van der Waals surface area contributed by atoms with Gasteiger partial charge in [-0.1, -0.05) is 43.7 Å². The van der Waals surface area contributed by atoms with Crippen LogP contribution in [0.1, 0.15) is 57.8 Å². The smallest absolute Gasteiger partial charge is 0.325 e. The number of carbonyl (C=O) groups is 3. The first-order valence-electron chi connectivity index (χ1n) is 11.0. The molecule has 3 N–H and O–H groups in total. The van der Waals surface area contributed by atoms with Crippen LogP contribution in [0.5, 0.6) is 0 Å². The Bertz CT molecular complexity index is 963. The number of nitrogens with one attached hydrogen (secondary N) is 3. The van der Waals surface area contributed by atoms with E-state index in [1.54, 1.807) is 6.20 Å². The Balaban J connectivity index is 1.36. The molecule has 1 aliphatic carbocycles. The number of H-pyrrole nitrogens is 1. The second-order valence-electron chi connectivity index (χ2n) is 8.59. The Morgan fingerprint density at radius 3 is 2.65 bits per heavy atom. The van der Waals surface area contributed by atoms with E-state index < -0.39 is 17.5 Å². The van der Waals surface area contributed by atoms with Crippen molar-refractivity contribution in [3.05, 3.63) is 42.4 Å². The Hall–Kier alpha value is -3.16. The van der Waals surface area contributed by atoms with Crippen molar-refractivity contribution in [1.82, 2.24) is 25.5 Å². The summed E-state index contributed by atoms with van der Waals surface area (Å²) >= 11 is 0. The van der Waals surface area contributed by atoms with E-state index in [2.05, 4.69) is 27.5 Å². The van der Waals surface area contributed by atoms with Gasteiger partial charge in [-0.2, -0.15) is 0 Å². The number of hydrogen-bond donors (Lipinski definition) is 3. The third kappa shape index (κ3) is 4.19. The van der Waals surface area contributed by atoms with Crippen LogP contribution in [0, 0.1) is 5.92 Å². The summed E-state index contributed by atoms with van der Waals surface area (Å²) in [6, 6.07) is 8.91. The lowest BCUT2D eigenvalue weighted by Crippen LogP contribution is -2.50. The molecule has 1 saturated carbocycles. The molecule has 1 aromatic carbocycles. The molecule has 1 aliphatic heterocycles. The summed E-state index contributed by atoms with van der Waals surface area (Å²) in [5.41, 5.74) is 1.03. The molecular weight excluding hydrogens is 394 g/mol. The highest BCUT2D eigenvalue weighted by atomic mass is 16.2. The summed E-state index contributed by atoms with van der Waals surface area (Å²) in [5.74, 6) is 0.536. The number of amides is 4. The van der Waals surface area contributed by atoms with Crippen molar-refractivity contribution < 1.29 is 14.4 Å². The van der Waals surface area contributed by atoms with Crippen molar-refractivity contribution in [1.29, 1.82) is 0 Å². The number of imidazole rings is 1. The molecule has 1 atom stereocenters. The number of imide groups is 1. The molecule has 2 fully saturated rings. The van der Waals surface area contributed by atoms with Crippen LogP contribution < -0.4 is 10.6 Å². The normalized spacial score (nSPS) is 24.3. The van der Waals surface area contributed by atoms with E-state index in [1.165, 1.54) is 0 Å². The van der Waals surface area contributed by atoms with Gasteiger partial charge in [0, 0.05) is 0 Å². The van der Waals surface area contributed by atoms with Gasteiger partial charge in [-0.3, -0.25) is 14.5 Å². The van der Waals surface area contributed by atoms with Crippen LogP contribution >= 0.6 is 0 Å². The lowest BCUT2D eigenvalue weighted by Gasteiger charge is -2.34. The predicted octanol–water partition coefficient (Wildman–Crippen LogP) is 3.14. The average molecular weight is 424 g/mol. The maximum atomic E-state index is 13.0. The molecule has 4 rings (SSSR count). The number of rotatable bonds is 6. The van der Waals surface area contributed by atoms with Crippen LogP contribution in [0.15, 0.2) is 36.5 Å². The number of aromatic amines is 1. The second kappa shape index (κ2) is 8.53. The largest absolute Gasteiger partial charge is 0.345 e. The number of aromatic nitrogens is 2. The van der Waals surface area contributed by atoms with E-state index in [4.69, 9.17) is 0 Å². The number of carbonyl (C=O) groups excluding carboxylic acids is 3. The van der Waals surface area contributed by atoms with Crippen LogP contribution in [0.25, 0.3) is 11.3 Å². The minimum atomic E-state index is -0.833. The molecule has 0 radical (unpaired) electrons. The van der Waals surface area contributed by atoms with E-state index in [9.17, 15) is 14.4 Å². The van der Waals surface area contributed by atoms with Gasteiger partial charge in [0.15, 0.2) is 0 Å². The molecule has 2 aromatic rings. The molecule has 2 heterocycles. The van der Waals surface area contributed by atoms with Crippen LogP contribution in [0.3, 0.4) is 0 Å². The highest BCUT2D eigenvalue weighted by Gasteiger charge is 2.52. The fraction of sp³-hybridized carbons (Fsp3) is 0.478. The lowest BCUT2D eigenvalue weighted by molar-refractivity contribution is -0.136. The zero-order chi connectivity index (χ0) is 22.0. The molecule has 1 aromatic heterocycles. The first-order chi connectivity index (χ1) is 14.9. The first kappa shape index (κ1) is 21.1. The summed E-state index contributed by atoms with van der Waals surface area (Å²) in [5, 5.41) is 5.69. The third-order valence-corrected chi connectivity index (χ3v) is 6.55. The molecule has 164 valence electrons. The van der Waals surface area contributed by atoms with Crippen molar-refractivity contribution in [3.8, 4) is 11.3 Å². The number of nitrogens with zero attached hydrogens (tertiary/aromatic N) is 2. The number of benzene rings is 1. The molecule has 1 spiro atoms. The topological polar surface area (TPSA) is 107 Å². The molecule has 1 saturated heterocycles. The number of hydrogen-bond acceptors (Lipinski definition) is 4. The SMILES string of the molecule is CCC1CCC2(CC1)NC(=O)N(CC(=O)NC(C)c1ncc(-c3ccccc3)[nH]1)C2=O. The fourth-order valence-electron chi connectivity index (χ4n) is 4.56. The Labute approximate surface area is 181 Å². The Morgan fingerprint density at radius 1 is 1.26 bits per heavy atom. The van der Waals surface area contributed by atoms with Gasteiger partial charge in [0.25, 0.3) is 5.91 Å². The molecule has 0 bridgehead atoms. The Kier molecular flexibility index (Phi) is 5.80. The molecule has 2 aliphatic rings. The van der Waals surface area contributed by atoms with Gasteiger partial charge in [-0.25, -0.2) is 9.78 Å². The fourth-order valence-corrected chi connectivity index (χ4v) is 4.56. The lowest BCUT2D eigenvalue weighted by atomic mass is 9.75. The number of urea groups is 1. The Morgan fingerprint density at radius 2 is 1.97 bits per heavy atom. The minimum absolute atomic E-state index is 0.279. The summed E-state index contributed by atoms with van der Waals surface area (Å²) in [6.45, 7) is 3.67. The third-order valence-electron chi connectivity index (χ3n) is 6.55. The standard InChI is InChI=1S/C23H29N5O3/c1-3-16-9-11-23(12-10-16)21(30)28(22(31)27-23)14-19(29)25-15(2)20-24-13-18(26-20)17-7-5-4-6-8-17/h4-8,13,15-16H,3,9-12,14H2,1-2H3,(H,24,26)(H,25,29)(H,27,31). The van der Waals surface area contributed by atoms with Crippen LogP contribution in [0.4, 0.5) is 4.79 Å². The first-order valence-corrected chi connectivity index (χ1v) is 11.0. The maximum absolute atomic E-state index is 13.0. The van der Waals surface area contributed by atoms with Gasteiger partial charge >= 0.3 is 6.03 Å². The summed E-state index contributed by atoms with van der Waals surface area (Å²) in [6.07, 6.45) is 5.92. The van der Waals surface area contributed by atoms with Crippen molar-refractivity contribution in [3.63, 3.8) is 0 Å². The van der Waals surface area contributed by atoms with Crippen LogP contribution in [-0.2, 0) is 9.59 Å². The van der Waals surface area contributed by atoms with Gasteiger partial charge in [0.05, 0.1) is 17.9 Å². The molecular formula is C23H29N5O3. The molecule has 4 amide bonds. The van der Waals surface area contributed by atoms with E-state index in [0.29, 0.717) is 24.6 Å². The van der Waals surface area contributed by atoms with Crippen LogP contribution in [-0.4, -0.2) is 44.8 Å². The van der Waals surface area contributed by atoms with Gasteiger partial charge in [-0.15, -0.1) is 0 Å². The predicted molar refractivity (Wildman–Crippen MR) is 116 cm³/mol.